The molecule has 1 aromatic rings. The minimum absolute atomic E-state index is 0.0333. The number of ketones is 1. The molecular weight excluding hydrogens is 312 g/mol. The highest BCUT2D eigenvalue weighted by Crippen LogP contribution is 2.71. The van der Waals surface area contributed by atoms with E-state index in [0.717, 1.165) is 49.0 Å². The highest BCUT2D eigenvalue weighted by atomic mass is 16.5. The van der Waals surface area contributed by atoms with Gasteiger partial charge in [0.2, 0.25) is 0 Å². The molecule has 4 rings (SSSR count). The fourth-order valence-corrected chi connectivity index (χ4v) is 6.04. The fraction of sp³-hybridized carbons (Fsp3) is 0.682. The maximum atomic E-state index is 12.3. The smallest absolute Gasteiger partial charge is 0.163 e. The molecule has 0 spiro atoms. The first-order valence-corrected chi connectivity index (χ1v) is 9.94. The van der Waals surface area contributed by atoms with Crippen molar-refractivity contribution in [3.05, 3.63) is 22.8 Å². The first-order chi connectivity index (χ1) is 11.9. The number of aromatic hydroxyl groups is 1. The molecule has 0 amide bonds. The molecule has 1 heterocycles. The van der Waals surface area contributed by atoms with Gasteiger partial charge in [0, 0.05) is 17.4 Å². The standard InChI is InChI=1S/C22H30O3/c1-5-6-7-8-13-11-16-19(21(24)17(13)12(2)23)20-18-14(22(20,3)4)9-10-15(18)25-16/h11,14-15,18,20,24H,5-10H2,1-4H3/t14?,15-,18+,20+/m1/s1. The summed E-state index contributed by atoms with van der Waals surface area (Å²) in [5.74, 6) is 2.52. The van der Waals surface area contributed by atoms with Crippen LogP contribution in [0, 0.1) is 17.3 Å². The Hall–Kier alpha value is -1.51. The van der Waals surface area contributed by atoms with Crippen LogP contribution < -0.4 is 4.74 Å². The number of ether oxygens (including phenoxy) is 1. The van der Waals surface area contributed by atoms with Crippen molar-refractivity contribution in [2.75, 3.05) is 0 Å². The normalized spacial score (nSPS) is 30.9. The van der Waals surface area contributed by atoms with Crippen LogP contribution in [0.4, 0.5) is 0 Å². The molecule has 2 aliphatic carbocycles. The van der Waals surface area contributed by atoms with Gasteiger partial charge in [-0.15, -0.1) is 0 Å². The molecule has 3 aliphatic rings. The molecule has 2 saturated carbocycles. The van der Waals surface area contributed by atoms with Crippen LogP contribution in [-0.4, -0.2) is 17.0 Å². The van der Waals surface area contributed by atoms with Gasteiger partial charge < -0.3 is 9.84 Å². The van der Waals surface area contributed by atoms with Gasteiger partial charge in [0.15, 0.2) is 5.78 Å². The molecule has 136 valence electrons. The first-order valence-electron chi connectivity index (χ1n) is 9.94. The van der Waals surface area contributed by atoms with Crippen molar-refractivity contribution in [3.8, 4) is 11.5 Å². The predicted molar refractivity (Wildman–Crippen MR) is 98.5 cm³/mol. The number of benzene rings is 1. The van der Waals surface area contributed by atoms with Crippen molar-refractivity contribution in [2.45, 2.75) is 78.2 Å². The van der Waals surface area contributed by atoms with Gasteiger partial charge in [0.05, 0.1) is 5.56 Å². The zero-order chi connectivity index (χ0) is 17.9. The average molecular weight is 342 g/mol. The van der Waals surface area contributed by atoms with Crippen LogP contribution in [0.3, 0.4) is 0 Å². The van der Waals surface area contributed by atoms with E-state index in [1.165, 1.54) is 6.42 Å². The third-order valence-corrected chi connectivity index (χ3v) is 7.17. The van der Waals surface area contributed by atoms with Gasteiger partial charge in [-0.05, 0) is 55.6 Å². The monoisotopic (exact) mass is 342 g/mol. The molecule has 0 radical (unpaired) electrons. The number of phenols is 1. The number of Topliss-reactive ketones (excluding diaryl/α,β-unsaturated/α-hetero) is 1. The van der Waals surface area contributed by atoms with E-state index >= 15 is 0 Å². The van der Waals surface area contributed by atoms with Gasteiger partial charge in [-0.2, -0.15) is 0 Å². The summed E-state index contributed by atoms with van der Waals surface area (Å²) in [5.41, 5.74) is 2.58. The van der Waals surface area contributed by atoms with Crippen molar-refractivity contribution in [1.29, 1.82) is 0 Å². The van der Waals surface area contributed by atoms with E-state index in [9.17, 15) is 9.90 Å². The van der Waals surface area contributed by atoms with Crippen molar-refractivity contribution in [3.63, 3.8) is 0 Å². The fourth-order valence-electron chi connectivity index (χ4n) is 6.04. The van der Waals surface area contributed by atoms with Crippen LogP contribution in [0.5, 0.6) is 11.5 Å². The van der Waals surface area contributed by atoms with E-state index in [1.807, 2.05) is 0 Å². The number of carbonyl (C=O) groups excluding carboxylic acids is 1. The minimum Gasteiger partial charge on any atom is -0.507 e. The van der Waals surface area contributed by atoms with Crippen LogP contribution >= 0.6 is 0 Å². The Kier molecular flexibility index (Phi) is 3.90. The summed E-state index contributed by atoms with van der Waals surface area (Å²) in [6, 6.07) is 2.07. The SMILES string of the molecule is CCCCCc1cc2c(c(O)c1C(C)=O)[C@@H]1[C@H]3C(CC[C@H]3O2)C1(C)C. The predicted octanol–water partition coefficient (Wildman–Crippen LogP) is 5.24. The number of carbonyl (C=O) groups is 1. The maximum absolute atomic E-state index is 12.3. The van der Waals surface area contributed by atoms with Crippen LogP contribution in [0.1, 0.15) is 87.2 Å². The molecule has 1 aromatic carbocycles. The number of aryl methyl sites for hydroxylation is 1. The van der Waals surface area contributed by atoms with Gasteiger partial charge in [0.1, 0.15) is 17.6 Å². The van der Waals surface area contributed by atoms with E-state index < -0.39 is 0 Å². The Morgan fingerprint density at radius 3 is 2.76 bits per heavy atom. The van der Waals surface area contributed by atoms with E-state index in [1.54, 1.807) is 6.92 Å². The molecule has 0 aromatic heterocycles. The Labute approximate surface area is 150 Å². The molecule has 4 atom stereocenters. The summed E-state index contributed by atoms with van der Waals surface area (Å²) < 4.78 is 6.34. The second-order valence-electron chi connectivity index (χ2n) is 8.90. The number of hydrogen-bond donors (Lipinski definition) is 1. The van der Waals surface area contributed by atoms with Crippen LogP contribution in [0.2, 0.25) is 0 Å². The molecule has 3 heteroatoms. The molecule has 1 aliphatic heterocycles. The molecule has 0 saturated heterocycles. The Balaban J connectivity index is 1.81. The minimum atomic E-state index is -0.0333. The summed E-state index contributed by atoms with van der Waals surface area (Å²) in [7, 11) is 0. The van der Waals surface area contributed by atoms with E-state index in [-0.39, 0.29) is 16.9 Å². The van der Waals surface area contributed by atoms with Gasteiger partial charge in [-0.25, -0.2) is 0 Å². The summed E-state index contributed by atoms with van der Waals surface area (Å²) in [6.45, 7) is 8.38. The van der Waals surface area contributed by atoms with Gasteiger partial charge in [0.25, 0.3) is 0 Å². The quantitative estimate of drug-likeness (QED) is 0.588. The first kappa shape index (κ1) is 16.9. The molecule has 25 heavy (non-hydrogen) atoms. The van der Waals surface area contributed by atoms with E-state index in [2.05, 4.69) is 26.8 Å². The maximum Gasteiger partial charge on any atom is 0.163 e. The Morgan fingerprint density at radius 2 is 2.08 bits per heavy atom. The molecule has 3 nitrogen and oxygen atoms in total. The van der Waals surface area contributed by atoms with Gasteiger partial charge in [-0.3, -0.25) is 4.79 Å². The zero-order valence-electron chi connectivity index (χ0n) is 15.9. The summed E-state index contributed by atoms with van der Waals surface area (Å²) in [4.78, 5) is 12.3. The molecule has 1 N–H and O–H groups in total. The Morgan fingerprint density at radius 1 is 1.32 bits per heavy atom. The number of hydrogen-bond acceptors (Lipinski definition) is 3. The molecule has 0 bridgehead atoms. The summed E-state index contributed by atoms with van der Waals surface area (Å²) in [6.07, 6.45) is 6.78. The lowest BCUT2D eigenvalue weighted by Crippen LogP contribution is -2.55. The largest absolute Gasteiger partial charge is 0.507 e. The average Bonchev–Trinajstić information content (AvgIpc) is 2.95. The number of rotatable bonds is 5. The highest BCUT2D eigenvalue weighted by Gasteiger charge is 2.65. The number of fused-ring (bicyclic) bond motifs is 2. The molecule has 2 fully saturated rings. The zero-order valence-corrected chi connectivity index (χ0v) is 15.9. The van der Waals surface area contributed by atoms with Gasteiger partial charge >= 0.3 is 0 Å². The Bertz CT molecular complexity index is 718. The highest BCUT2D eigenvalue weighted by molar-refractivity contribution is 5.99. The second kappa shape index (κ2) is 5.75. The van der Waals surface area contributed by atoms with Crippen LogP contribution in [0.25, 0.3) is 0 Å². The van der Waals surface area contributed by atoms with Crippen LogP contribution in [-0.2, 0) is 6.42 Å². The van der Waals surface area contributed by atoms with Crippen molar-refractivity contribution < 1.29 is 14.6 Å². The lowest BCUT2D eigenvalue weighted by atomic mass is 9.46. The number of unbranched alkanes of at least 4 members (excludes halogenated alkanes) is 2. The third kappa shape index (κ3) is 2.27. The van der Waals surface area contributed by atoms with E-state index in [4.69, 9.17) is 4.74 Å². The summed E-state index contributed by atoms with van der Waals surface area (Å²) >= 11 is 0. The topological polar surface area (TPSA) is 46.5 Å². The lowest BCUT2D eigenvalue weighted by molar-refractivity contribution is -0.0797. The van der Waals surface area contributed by atoms with Crippen molar-refractivity contribution in [1.82, 2.24) is 0 Å². The van der Waals surface area contributed by atoms with Crippen molar-refractivity contribution >= 4 is 5.78 Å². The van der Waals surface area contributed by atoms with E-state index in [0.29, 0.717) is 29.4 Å². The lowest BCUT2D eigenvalue weighted by Gasteiger charge is -2.59. The van der Waals surface area contributed by atoms with Gasteiger partial charge in [-0.1, -0.05) is 33.6 Å². The molecular formula is C22H30O3. The second-order valence-corrected chi connectivity index (χ2v) is 8.90. The third-order valence-electron chi connectivity index (χ3n) is 7.17. The summed E-state index contributed by atoms with van der Waals surface area (Å²) in [5, 5.41) is 11.1. The van der Waals surface area contributed by atoms with Crippen LogP contribution in [0.15, 0.2) is 6.07 Å². The van der Waals surface area contributed by atoms with Crippen molar-refractivity contribution in [2.24, 2.45) is 17.3 Å². The molecule has 1 unspecified atom stereocenters. The number of phenolic OH excluding ortho intramolecular Hbond substituents is 1.